The maximum Gasteiger partial charge on any atom is 0.197 e. The first-order valence-electron chi connectivity index (χ1n) is 7.85. The third kappa shape index (κ3) is 3.36. The molecule has 3 rings (SSSR count). The number of aryl methyl sites for hydroxylation is 1. The van der Waals surface area contributed by atoms with Gasteiger partial charge >= 0.3 is 0 Å². The summed E-state index contributed by atoms with van der Waals surface area (Å²) in [6.07, 6.45) is 2.24. The summed E-state index contributed by atoms with van der Waals surface area (Å²) in [5.74, 6) is 0.842. The zero-order valence-corrected chi connectivity index (χ0v) is 14.1. The molecule has 0 N–H and O–H groups in total. The molecule has 2 nitrogen and oxygen atoms in total. The molecule has 0 unspecified atom stereocenters. The van der Waals surface area contributed by atoms with Crippen LogP contribution in [0.15, 0.2) is 53.3 Å². The first kappa shape index (κ1) is 16.6. The van der Waals surface area contributed by atoms with E-state index < -0.39 is 0 Å². The van der Waals surface area contributed by atoms with Gasteiger partial charge in [0.2, 0.25) is 0 Å². The van der Waals surface area contributed by atoms with Gasteiger partial charge in [0.25, 0.3) is 0 Å². The van der Waals surface area contributed by atoms with Crippen LogP contribution in [0, 0.1) is 0 Å². The fraction of sp³-hybridized carbons (Fsp3) is 0.316. The van der Waals surface area contributed by atoms with Crippen molar-refractivity contribution in [3.05, 3.63) is 58.8 Å². The highest BCUT2D eigenvalue weighted by molar-refractivity contribution is 7.80. The number of hydrogen-bond donors (Lipinski definition) is 1. The Morgan fingerprint density at radius 2 is 1.36 bits per heavy atom. The second kappa shape index (κ2) is 8.04. The molecule has 2 aromatic carbocycles. The van der Waals surface area contributed by atoms with Gasteiger partial charge in [0.1, 0.15) is 0 Å². The third-order valence-electron chi connectivity index (χ3n) is 3.42. The summed E-state index contributed by atoms with van der Waals surface area (Å²) in [5, 5.41) is 1.58. The molecule has 3 aromatic rings. The molecule has 0 radical (unpaired) electrons. The summed E-state index contributed by atoms with van der Waals surface area (Å²) in [6, 6.07) is 15.6. The van der Waals surface area contributed by atoms with E-state index in [0.29, 0.717) is 0 Å². The second-order valence-electron chi connectivity index (χ2n) is 5.30. The predicted octanol–water partition coefficient (Wildman–Crippen LogP) is 4.89. The summed E-state index contributed by atoms with van der Waals surface area (Å²) in [7, 11) is 0. The number of benzene rings is 2. The molecule has 0 bridgehead atoms. The SMILES string of the molecule is CCC.O=c1c2ccccc2n(CCCS)c2ccccc12. The van der Waals surface area contributed by atoms with Crippen LogP contribution < -0.4 is 5.43 Å². The van der Waals surface area contributed by atoms with E-state index in [9.17, 15) is 4.79 Å². The molecule has 0 spiro atoms. The summed E-state index contributed by atoms with van der Waals surface area (Å²) < 4.78 is 2.22. The van der Waals surface area contributed by atoms with Crippen molar-refractivity contribution >= 4 is 34.4 Å². The Morgan fingerprint density at radius 3 is 1.82 bits per heavy atom. The Labute approximate surface area is 137 Å². The Bertz CT molecular complexity index is 747. The van der Waals surface area contributed by atoms with Crippen LogP contribution in [-0.2, 0) is 6.54 Å². The molecule has 116 valence electrons. The fourth-order valence-electron chi connectivity index (χ4n) is 2.55. The summed E-state index contributed by atoms with van der Waals surface area (Å²) in [4.78, 5) is 12.5. The molecule has 0 saturated carbocycles. The lowest BCUT2D eigenvalue weighted by molar-refractivity contribution is 0.727. The number of rotatable bonds is 3. The van der Waals surface area contributed by atoms with Gasteiger partial charge in [-0.05, 0) is 36.4 Å². The van der Waals surface area contributed by atoms with Crippen LogP contribution >= 0.6 is 12.6 Å². The van der Waals surface area contributed by atoms with Gasteiger partial charge in [0, 0.05) is 17.3 Å². The Balaban J connectivity index is 0.000000545. The molecule has 3 heteroatoms. The van der Waals surface area contributed by atoms with E-state index in [2.05, 4.69) is 31.0 Å². The van der Waals surface area contributed by atoms with Crippen molar-refractivity contribution in [2.75, 3.05) is 5.75 Å². The smallest absolute Gasteiger partial charge is 0.197 e. The van der Waals surface area contributed by atoms with Crippen LogP contribution in [0.1, 0.15) is 26.7 Å². The van der Waals surface area contributed by atoms with Gasteiger partial charge in [-0.15, -0.1) is 0 Å². The van der Waals surface area contributed by atoms with Crippen molar-refractivity contribution in [2.24, 2.45) is 0 Å². The number of pyridine rings is 1. The molecule has 0 fully saturated rings. The van der Waals surface area contributed by atoms with E-state index in [1.165, 1.54) is 6.42 Å². The Kier molecular flexibility index (Phi) is 6.08. The second-order valence-corrected chi connectivity index (χ2v) is 5.75. The van der Waals surface area contributed by atoms with Crippen LogP contribution in [0.2, 0.25) is 0 Å². The molecule has 0 aliphatic rings. The minimum atomic E-state index is 0.119. The lowest BCUT2D eigenvalue weighted by atomic mass is 10.1. The van der Waals surface area contributed by atoms with Crippen LogP contribution in [-0.4, -0.2) is 10.3 Å². The molecular weight excluding hydrogens is 290 g/mol. The molecule has 0 aliphatic carbocycles. The van der Waals surface area contributed by atoms with E-state index in [4.69, 9.17) is 0 Å². The van der Waals surface area contributed by atoms with Crippen molar-refractivity contribution in [3.8, 4) is 0 Å². The molecule has 0 aliphatic heterocycles. The number of thiol groups is 1. The average molecular weight is 313 g/mol. The number of hydrogen-bond acceptors (Lipinski definition) is 2. The monoisotopic (exact) mass is 313 g/mol. The number of aromatic nitrogens is 1. The molecule has 0 saturated heterocycles. The minimum absolute atomic E-state index is 0.119. The topological polar surface area (TPSA) is 22.0 Å². The molecule has 1 heterocycles. The van der Waals surface area contributed by atoms with Crippen LogP contribution in [0.25, 0.3) is 21.8 Å². The molecular formula is C19H23NOS. The van der Waals surface area contributed by atoms with Crippen molar-refractivity contribution in [2.45, 2.75) is 33.2 Å². The third-order valence-corrected chi connectivity index (χ3v) is 3.74. The lowest BCUT2D eigenvalue weighted by Crippen LogP contribution is -2.11. The summed E-state index contributed by atoms with van der Waals surface area (Å²) >= 11 is 4.28. The summed E-state index contributed by atoms with van der Waals surface area (Å²) in [6.45, 7) is 5.13. The van der Waals surface area contributed by atoms with Gasteiger partial charge in [-0.1, -0.05) is 44.5 Å². The molecule has 0 atom stereocenters. The van der Waals surface area contributed by atoms with Gasteiger partial charge in [-0.2, -0.15) is 12.6 Å². The normalized spacial score (nSPS) is 10.5. The van der Waals surface area contributed by atoms with Crippen molar-refractivity contribution in [1.82, 2.24) is 4.57 Å². The van der Waals surface area contributed by atoms with Gasteiger partial charge in [0.15, 0.2) is 5.43 Å². The molecule has 22 heavy (non-hydrogen) atoms. The zero-order chi connectivity index (χ0) is 15.9. The van der Waals surface area contributed by atoms with Crippen molar-refractivity contribution in [1.29, 1.82) is 0 Å². The van der Waals surface area contributed by atoms with Crippen LogP contribution in [0.4, 0.5) is 0 Å². The van der Waals surface area contributed by atoms with E-state index >= 15 is 0 Å². The van der Waals surface area contributed by atoms with Gasteiger partial charge in [0.05, 0.1) is 11.0 Å². The highest BCUT2D eigenvalue weighted by Crippen LogP contribution is 2.19. The molecule has 1 aromatic heterocycles. The van der Waals surface area contributed by atoms with E-state index in [1.807, 2.05) is 48.5 Å². The quantitative estimate of drug-likeness (QED) is 0.539. The van der Waals surface area contributed by atoms with Crippen LogP contribution in [0.5, 0.6) is 0 Å². The van der Waals surface area contributed by atoms with Crippen LogP contribution in [0.3, 0.4) is 0 Å². The lowest BCUT2D eigenvalue weighted by Gasteiger charge is -2.14. The van der Waals surface area contributed by atoms with Gasteiger partial charge in [-0.25, -0.2) is 0 Å². The molecule has 0 amide bonds. The summed E-state index contributed by atoms with van der Waals surface area (Å²) in [5.41, 5.74) is 2.13. The predicted molar refractivity (Wildman–Crippen MR) is 100 cm³/mol. The number of nitrogens with zero attached hydrogens (tertiary/aromatic N) is 1. The van der Waals surface area contributed by atoms with E-state index in [-0.39, 0.29) is 5.43 Å². The maximum absolute atomic E-state index is 12.5. The highest BCUT2D eigenvalue weighted by atomic mass is 32.1. The maximum atomic E-state index is 12.5. The average Bonchev–Trinajstić information content (AvgIpc) is 2.56. The standard InChI is InChI=1S/C16H15NOS.C3H8/c18-16-12-6-1-3-8-14(12)17(10-5-11-19)15-9-4-2-7-13(15)16;1-3-2/h1-4,6-9,19H,5,10-11H2;3H2,1-2H3. The van der Waals surface area contributed by atoms with Crippen molar-refractivity contribution < 1.29 is 0 Å². The van der Waals surface area contributed by atoms with E-state index in [0.717, 1.165) is 40.5 Å². The largest absolute Gasteiger partial charge is 0.340 e. The van der Waals surface area contributed by atoms with Gasteiger partial charge < -0.3 is 4.57 Å². The Hall–Kier alpha value is -1.74. The number of para-hydroxylation sites is 2. The van der Waals surface area contributed by atoms with Gasteiger partial charge in [-0.3, -0.25) is 4.79 Å². The first-order chi connectivity index (χ1) is 10.7. The number of fused-ring (bicyclic) bond motifs is 2. The fourth-order valence-corrected chi connectivity index (χ4v) is 2.69. The minimum Gasteiger partial charge on any atom is -0.340 e. The van der Waals surface area contributed by atoms with E-state index in [1.54, 1.807) is 0 Å². The first-order valence-corrected chi connectivity index (χ1v) is 8.49. The van der Waals surface area contributed by atoms with Crippen molar-refractivity contribution in [3.63, 3.8) is 0 Å². The Morgan fingerprint density at radius 1 is 0.909 bits per heavy atom. The highest BCUT2D eigenvalue weighted by Gasteiger charge is 2.09. The zero-order valence-electron chi connectivity index (χ0n) is 13.2.